The van der Waals surface area contributed by atoms with E-state index in [4.69, 9.17) is 16.3 Å². The van der Waals surface area contributed by atoms with Gasteiger partial charge in [0, 0.05) is 9.90 Å². The molecule has 31 heavy (non-hydrogen) atoms. The van der Waals surface area contributed by atoms with Crippen molar-refractivity contribution < 1.29 is 4.74 Å². The van der Waals surface area contributed by atoms with E-state index in [1.165, 1.54) is 9.44 Å². The van der Waals surface area contributed by atoms with Crippen LogP contribution in [0.2, 0.25) is 5.02 Å². The fourth-order valence-electron chi connectivity index (χ4n) is 4.26. The molecule has 0 saturated heterocycles. The molecule has 2 aromatic heterocycles. The number of thiophene rings is 1. The topological polar surface area (TPSA) is 53.2 Å². The molecule has 5 nitrogen and oxygen atoms in total. The van der Waals surface area contributed by atoms with Gasteiger partial charge in [-0.2, -0.15) is 0 Å². The lowest BCUT2D eigenvalue weighted by molar-refractivity contribution is 0.414. The number of ether oxygens (including phenoxy) is 1. The van der Waals surface area contributed by atoms with Gasteiger partial charge < -0.3 is 4.74 Å². The number of halogens is 1. The fraction of sp³-hybridized carbons (Fsp3) is 0.250. The maximum absolute atomic E-state index is 13.6. The number of nitrogens with zero attached hydrogens (tertiary/aromatic N) is 2. The molecule has 1 aliphatic rings. The SMILES string of the molecule is COc1ccc(-n2c(=O)c3c4c(sc3n(Cc3ccccc3Cl)c2=O)CCCC4)cc1. The van der Waals surface area contributed by atoms with E-state index in [0.29, 0.717) is 28.4 Å². The number of benzene rings is 2. The summed E-state index contributed by atoms with van der Waals surface area (Å²) in [5.41, 5.74) is 1.87. The van der Waals surface area contributed by atoms with E-state index in [9.17, 15) is 9.59 Å². The van der Waals surface area contributed by atoms with E-state index in [1.54, 1.807) is 47.3 Å². The number of methoxy groups -OCH3 is 1. The minimum atomic E-state index is -0.360. The maximum Gasteiger partial charge on any atom is 0.337 e. The Bertz CT molecular complexity index is 1400. The Morgan fingerprint density at radius 3 is 2.52 bits per heavy atom. The average Bonchev–Trinajstić information content (AvgIpc) is 3.18. The molecule has 0 radical (unpaired) electrons. The first kappa shape index (κ1) is 20.1. The summed E-state index contributed by atoms with van der Waals surface area (Å²) in [5, 5.41) is 1.27. The highest BCUT2D eigenvalue weighted by atomic mass is 35.5. The molecular formula is C24H21ClN2O3S. The highest BCUT2D eigenvalue weighted by Crippen LogP contribution is 2.34. The summed E-state index contributed by atoms with van der Waals surface area (Å²) in [5.74, 6) is 0.669. The second kappa shape index (κ2) is 8.02. The Labute approximate surface area is 188 Å². The van der Waals surface area contributed by atoms with Crippen molar-refractivity contribution in [2.75, 3.05) is 7.11 Å². The predicted octanol–water partition coefficient (Wildman–Crippen LogP) is 4.80. The molecule has 0 amide bonds. The second-order valence-corrected chi connectivity index (χ2v) is 9.18. The van der Waals surface area contributed by atoms with Crippen LogP contribution in [-0.2, 0) is 19.4 Å². The van der Waals surface area contributed by atoms with Crippen LogP contribution in [0.5, 0.6) is 5.75 Å². The Morgan fingerprint density at radius 1 is 1.03 bits per heavy atom. The Kier molecular flexibility index (Phi) is 5.20. The number of aromatic nitrogens is 2. The smallest absolute Gasteiger partial charge is 0.337 e. The van der Waals surface area contributed by atoms with Crippen molar-refractivity contribution >= 4 is 33.2 Å². The fourth-order valence-corrected chi connectivity index (χ4v) is 5.83. The van der Waals surface area contributed by atoms with Crippen LogP contribution < -0.4 is 16.0 Å². The number of fused-ring (bicyclic) bond motifs is 3. The molecule has 0 saturated carbocycles. The monoisotopic (exact) mass is 452 g/mol. The van der Waals surface area contributed by atoms with Crippen molar-refractivity contribution in [2.45, 2.75) is 32.2 Å². The van der Waals surface area contributed by atoms with Gasteiger partial charge in [-0.15, -0.1) is 11.3 Å². The van der Waals surface area contributed by atoms with Gasteiger partial charge in [0.15, 0.2) is 0 Å². The first-order valence-corrected chi connectivity index (χ1v) is 11.5. The molecule has 0 spiro atoms. The van der Waals surface area contributed by atoms with Gasteiger partial charge in [0.2, 0.25) is 0 Å². The zero-order valence-electron chi connectivity index (χ0n) is 17.1. The summed E-state index contributed by atoms with van der Waals surface area (Å²) in [4.78, 5) is 29.2. The molecule has 0 atom stereocenters. The molecule has 4 aromatic rings. The lowest BCUT2D eigenvalue weighted by Crippen LogP contribution is -2.39. The molecule has 0 aliphatic heterocycles. The van der Waals surface area contributed by atoms with E-state index >= 15 is 0 Å². The summed E-state index contributed by atoms with van der Waals surface area (Å²) in [7, 11) is 1.58. The Balaban J connectivity index is 1.82. The molecule has 7 heteroatoms. The zero-order chi connectivity index (χ0) is 21.5. The second-order valence-electron chi connectivity index (χ2n) is 7.69. The number of aryl methyl sites for hydroxylation is 2. The molecule has 0 fully saturated rings. The first-order valence-electron chi connectivity index (χ1n) is 10.3. The quantitative estimate of drug-likeness (QED) is 0.446. The summed E-state index contributed by atoms with van der Waals surface area (Å²) < 4.78 is 8.21. The highest BCUT2D eigenvalue weighted by Gasteiger charge is 2.24. The van der Waals surface area contributed by atoms with Crippen LogP contribution in [0.25, 0.3) is 15.9 Å². The normalized spacial score (nSPS) is 13.4. The lowest BCUT2D eigenvalue weighted by Gasteiger charge is -2.14. The molecule has 5 rings (SSSR count). The van der Waals surface area contributed by atoms with Crippen LogP contribution in [-0.4, -0.2) is 16.2 Å². The number of hydrogen-bond donors (Lipinski definition) is 0. The molecule has 0 bridgehead atoms. The van der Waals surface area contributed by atoms with Crippen molar-refractivity contribution in [3.63, 3.8) is 0 Å². The molecule has 1 aliphatic carbocycles. The summed E-state index contributed by atoms with van der Waals surface area (Å²) in [6, 6.07) is 14.5. The zero-order valence-corrected chi connectivity index (χ0v) is 18.6. The highest BCUT2D eigenvalue weighted by molar-refractivity contribution is 7.18. The first-order chi connectivity index (χ1) is 15.1. The van der Waals surface area contributed by atoms with Crippen LogP contribution in [0.1, 0.15) is 28.8 Å². The van der Waals surface area contributed by atoms with Crippen molar-refractivity contribution in [2.24, 2.45) is 0 Å². The van der Waals surface area contributed by atoms with Crippen LogP contribution in [0, 0.1) is 0 Å². The van der Waals surface area contributed by atoms with Crippen molar-refractivity contribution in [1.82, 2.24) is 9.13 Å². The third kappa shape index (κ3) is 3.40. The average molecular weight is 453 g/mol. The van der Waals surface area contributed by atoms with Gasteiger partial charge in [-0.3, -0.25) is 9.36 Å². The molecule has 2 aromatic carbocycles. The standard InChI is InChI=1S/C24H21ClN2O3S/c1-30-17-12-10-16(11-13-17)27-22(28)21-18-7-3-5-9-20(18)31-23(21)26(24(27)29)14-15-6-2-4-8-19(15)25/h2,4,6,8,10-13H,3,5,7,9,14H2,1H3. The van der Waals surface area contributed by atoms with Crippen molar-refractivity contribution in [3.05, 3.63) is 90.4 Å². The minimum Gasteiger partial charge on any atom is -0.497 e. The molecular weight excluding hydrogens is 432 g/mol. The van der Waals surface area contributed by atoms with Crippen LogP contribution in [0.4, 0.5) is 0 Å². The van der Waals surface area contributed by atoms with Gasteiger partial charge in [0.05, 0.1) is 24.7 Å². The van der Waals surface area contributed by atoms with Gasteiger partial charge in [0.25, 0.3) is 5.56 Å². The summed E-state index contributed by atoms with van der Waals surface area (Å²) in [6.45, 7) is 0.310. The van der Waals surface area contributed by atoms with Gasteiger partial charge in [0.1, 0.15) is 10.6 Å². The van der Waals surface area contributed by atoms with Gasteiger partial charge in [-0.05, 0) is 67.1 Å². The van der Waals surface area contributed by atoms with Crippen LogP contribution in [0.15, 0.2) is 58.1 Å². The molecule has 0 unspecified atom stereocenters. The van der Waals surface area contributed by atoms with E-state index in [1.807, 2.05) is 24.3 Å². The minimum absolute atomic E-state index is 0.250. The van der Waals surface area contributed by atoms with Crippen LogP contribution >= 0.6 is 22.9 Å². The third-order valence-electron chi connectivity index (χ3n) is 5.85. The Hall–Kier alpha value is -2.83. The van der Waals surface area contributed by atoms with Crippen molar-refractivity contribution in [1.29, 1.82) is 0 Å². The van der Waals surface area contributed by atoms with E-state index in [-0.39, 0.29) is 11.2 Å². The van der Waals surface area contributed by atoms with Crippen LogP contribution in [0.3, 0.4) is 0 Å². The molecule has 0 N–H and O–H groups in total. The molecule has 2 heterocycles. The van der Waals surface area contributed by atoms with Gasteiger partial charge in [-0.1, -0.05) is 29.8 Å². The predicted molar refractivity (Wildman–Crippen MR) is 125 cm³/mol. The number of rotatable bonds is 4. The van der Waals surface area contributed by atoms with Gasteiger partial charge >= 0.3 is 5.69 Å². The Morgan fingerprint density at radius 2 is 1.77 bits per heavy atom. The lowest BCUT2D eigenvalue weighted by atomic mass is 9.97. The van der Waals surface area contributed by atoms with E-state index in [2.05, 4.69) is 0 Å². The van der Waals surface area contributed by atoms with E-state index < -0.39 is 0 Å². The largest absolute Gasteiger partial charge is 0.497 e. The molecule has 158 valence electrons. The van der Waals surface area contributed by atoms with E-state index in [0.717, 1.165) is 41.6 Å². The number of hydrogen-bond acceptors (Lipinski definition) is 4. The van der Waals surface area contributed by atoms with Crippen molar-refractivity contribution in [3.8, 4) is 11.4 Å². The maximum atomic E-state index is 13.6. The summed E-state index contributed by atoms with van der Waals surface area (Å²) in [6.07, 6.45) is 4.00. The summed E-state index contributed by atoms with van der Waals surface area (Å²) >= 11 is 7.98. The third-order valence-corrected chi connectivity index (χ3v) is 7.54. The van der Waals surface area contributed by atoms with Gasteiger partial charge in [-0.25, -0.2) is 9.36 Å².